The lowest BCUT2D eigenvalue weighted by molar-refractivity contribution is -0.145. The quantitative estimate of drug-likeness (QED) is 0.0931. The first-order chi connectivity index (χ1) is 15.5. The van der Waals surface area contributed by atoms with Gasteiger partial charge in [-0.3, -0.25) is 9.59 Å². The molecule has 0 unspecified atom stereocenters. The van der Waals surface area contributed by atoms with Crippen LogP contribution in [0.25, 0.3) is 0 Å². The highest BCUT2D eigenvalue weighted by atomic mass is 32.2. The summed E-state index contributed by atoms with van der Waals surface area (Å²) in [4.78, 5) is 36.1. The minimum Gasteiger partial charge on any atom is -0.467 e. The highest BCUT2D eigenvalue weighted by molar-refractivity contribution is 7.99. The van der Waals surface area contributed by atoms with Crippen LogP contribution >= 0.6 is 11.8 Å². The summed E-state index contributed by atoms with van der Waals surface area (Å²) in [6, 6.07) is -1.59. The Hall–Kier alpha value is -1.40. The fourth-order valence-corrected chi connectivity index (χ4v) is 3.41. The molecule has 0 aliphatic rings. The first kappa shape index (κ1) is 30.6. The van der Waals surface area contributed by atoms with Crippen LogP contribution in [0, 0.1) is 0 Å². The average Bonchev–Trinajstić information content (AvgIpc) is 2.79. The first-order valence-corrected chi connectivity index (χ1v) is 12.7. The van der Waals surface area contributed by atoms with E-state index in [0.29, 0.717) is 12.3 Å². The van der Waals surface area contributed by atoms with E-state index >= 15 is 0 Å². The standard InChI is InChI=1S/C21H44N6O4S/c1-3-32-16-17(23)20(29)27-18(21(30)31-2)8-9-19(28)26-15-7-14-25-12-5-4-11-24-13-6-10-22/h17-18,24-25H,3-16,22-23H2,1-2H3,(H,26,28)(H,27,29)/t17-,18-/m0/s1. The van der Waals surface area contributed by atoms with Crippen LogP contribution in [0.3, 0.4) is 0 Å². The van der Waals surface area contributed by atoms with Crippen LogP contribution < -0.4 is 32.7 Å². The third-order valence-corrected chi connectivity index (χ3v) is 5.67. The minimum atomic E-state index is -0.887. The molecule has 0 aliphatic carbocycles. The number of nitrogens with one attached hydrogen (secondary N) is 4. The smallest absolute Gasteiger partial charge is 0.328 e. The van der Waals surface area contributed by atoms with Crippen LogP contribution in [0.1, 0.15) is 45.4 Å². The van der Waals surface area contributed by atoms with E-state index in [1.54, 1.807) is 11.8 Å². The Labute approximate surface area is 197 Å². The number of methoxy groups -OCH3 is 1. The largest absolute Gasteiger partial charge is 0.467 e. The van der Waals surface area contributed by atoms with Gasteiger partial charge in [-0.25, -0.2) is 4.79 Å². The fraction of sp³-hybridized carbons (Fsp3) is 0.857. The molecule has 2 amide bonds. The number of rotatable bonds is 21. The van der Waals surface area contributed by atoms with Gasteiger partial charge in [0, 0.05) is 18.7 Å². The van der Waals surface area contributed by atoms with Crippen LogP contribution in [0.5, 0.6) is 0 Å². The van der Waals surface area contributed by atoms with Crippen molar-refractivity contribution in [3.8, 4) is 0 Å². The average molecular weight is 477 g/mol. The molecule has 188 valence electrons. The third-order valence-electron chi connectivity index (χ3n) is 4.67. The van der Waals surface area contributed by atoms with Gasteiger partial charge in [0.1, 0.15) is 6.04 Å². The van der Waals surface area contributed by atoms with E-state index in [1.165, 1.54) is 7.11 Å². The van der Waals surface area contributed by atoms with Crippen molar-refractivity contribution in [2.75, 3.05) is 57.9 Å². The molecule has 0 aliphatic heterocycles. The van der Waals surface area contributed by atoms with E-state index in [2.05, 4.69) is 21.3 Å². The number of hydrogen-bond donors (Lipinski definition) is 6. The molecule has 2 atom stereocenters. The number of amides is 2. The molecular formula is C21H44N6O4S. The maximum atomic E-state index is 12.1. The molecule has 0 radical (unpaired) electrons. The SMILES string of the molecule is CCSC[C@H](N)C(=O)N[C@@H](CCC(=O)NCCCNCCCCNCCCN)C(=O)OC. The Balaban J connectivity index is 3.91. The van der Waals surface area contributed by atoms with Crippen LogP contribution in [-0.2, 0) is 19.1 Å². The van der Waals surface area contributed by atoms with Crippen LogP contribution in [0.15, 0.2) is 0 Å². The van der Waals surface area contributed by atoms with Crippen molar-refractivity contribution in [2.45, 2.75) is 57.5 Å². The number of nitrogens with two attached hydrogens (primary N) is 2. The summed E-state index contributed by atoms with van der Waals surface area (Å²) in [5, 5.41) is 12.1. The van der Waals surface area contributed by atoms with Gasteiger partial charge in [-0.15, -0.1) is 0 Å². The van der Waals surface area contributed by atoms with Crippen molar-refractivity contribution in [1.82, 2.24) is 21.3 Å². The van der Waals surface area contributed by atoms with Crippen molar-refractivity contribution in [2.24, 2.45) is 11.5 Å². The number of carbonyl (C=O) groups excluding carboxylic acids is 3. The predicted molar refractivity (Wildman–Crippen MR) is 130 cm³/mol. The van der Waals surface area contributed by atoms with E-state index in [0.717, 1.165) is 64.2 Å². The molecule has 0 spiro atoms. The van der Waals surface area contributed by atoms with Gasteiger partial charge in [0.25, 0.3) is 0 Å². The van der Waals surface area contributed by atoms with Gasteiger partial charge in [-0.1, -0.05) is 6.92 Å². The van der Waals surface area contributed by atoms with Crippen LogP contribution in [-0.4, -0.2) is 87.8 Å². The van der Waals surface area contributed by atoms with E-state index in [4.69, 9.17) is 16.2 Å². The minimum absolute atomic E-state index is 0.115. The molecule has 0 saturated heterocycles. The van der Waals surface area contributed by atoms with E-state index in [-0.39, 0.29) is 18.7 Å². The Morgan fingerprint density at radius 1 is 0.969 bits per heavy atom. The Morgan fingerprint density at radius 2 is 1.59 bits per heavy atom. The zero-order valence-corrected chi connectivity index (χ0v) is 20.6. The second kappa shape index (κ2) is 21.4. The van der Waals surface area contributed by atoms with Crippen LogP contribution in [0.2, 0.25) is 0 Å². The lowest BCUT2D eigenvalue weighted by Gasteiger charge is -2.19. The maximum Gasteiger partial charge on any atom is 0.328 e. The molecule has 32 heavy (non-hydrogen) atoms. The van der Waals surface area contributed by atoms with Gasteiger partial charge in [0.15, 0.2) is 0 Å². The van der Waals surface area contributed by atoms with Crippen molar-refractivity contribution < 1.29 is 19.1 Å². The van der Waals surface area contributed by atoms with Crippen molar-refractivity contribution in [3.63, 3.8) is 0 Å². The maximum absolute atomic E-state index is 12.1. The summed E-state index contributed by atoms with van der Waals surface area (Å²) in [5.41, 5.74) is 11.3. The normalized spacial score (nSPS) is 12.8. The molecular weight excluding hydrogens is 432 g/mol. The van der Waals surface area contributed by atoms with E-state index < -0.39 is 24.0 Å². The summed E-state index contributed by atoms with van der Waals surface area (Å²) in [5.74, 6) is 0.155. The number of thioether (sulfide) groups is 1. The van der Waals surface area contributed by atoms with Crippen molar-refractivity contribution >= 4 is 29.5 Å². The molecule has 0 aromatic rings. The van der Waals surface area contributed by atoms with Gasteiger partial charge in [-0.05, 0) is 70.6 Å². The lowest BCUT2D eigenvalue weighted by atomic mass is 10.1. The first-order valence-electron chi connectivity index (χ1n) is 11.6. The molecule has 0 fully saturated rings. The zero-order valence-electron chi connectivity index (χ0n) is 19.8. The Kier molecular flexibility index (Phi) is 20.5. The second-order valence-corrected chi connectivity index (χ2v) is 8.76. The second-order valence-electron chi connectivity index (χ2n) is 7.44. The number of unbranched alkanes of at least 4 members (excludes halogenated alkanes) is 1. The number of carbonyl (C=O) groups is 3. The highest BCUT2D eigenvalue weighted by Gasteiger charge is 2.25. The molecule has 0 saturated carbocycles. The predicted octanol–water partition coefficient (Wildman–Crippen LogP) is -0.681. The Morgan fingerprint density at radius 3 is 2.19 bits per heavy atom. The summed E-state index contributed by atoms with van der Waals surface area (Å²) in [7, 11) is 1.25. The summed E-state index contributed by atoms with van der Waals surface area (Å²) >= 11 is 1.55. The number of esters is 1. The fourth-order valence-electron chi connectivity index (χ4n) is 2.77. The van der Waals surface area contributed by atoms with Crippen molar-refractivity contribution in [3.05, 3.63) is 0 Å². The summed E-state index contributed by atoms with van der Waals surface area (Å²) in [6.07, 6.45) is 4.33. The summed E-state index contributed by atoms with van der Waals surface area (Å²) < 4.78 is 4.74. The summed E-state index contributed by atoms with van der Waals surface area (Å²) in [6.45, 7) is 7.02. The topological polar surface area (TPSA) is 161 Å². The van der Waals surface area contributed by atoms with Gasteiger partial charge < -0.3 is 37.5 Å². The van der Waals surface area contributed by atoms with Gasteiger partial charge in [0.2, 0.25) is 11.8 Å². The van der Waals surface area contributed by atoms with E-state index in [9.17, 15) is 14.4 Å². The van der Waals surface area contributed by atoms with Gasteiger partial charge >= 0.3 is 5.97 Å². The molecule has 0 heterocycles. The van der Waals surface area contributed by atoms with E-state index in [1.807, 2.05) is 6.92 Å². The molecule has 0 aromatic carbocycles. The number of hydrogen-bond acceptors (Lipinski definition) is 9. The molecule has 0 aromatic heterocycles. The molecule has 10 nitrogen and oxygen atoms in total. The molecule has 0 bridgehead atoms. The molecule has 11 heteroatoms. The highest BCUT2D eigenvalue weighted by Crippen LogP contribution is 2.04. The van der Waals surface area contributed by atoms with Gasteiger partial charge in [0.05, 0.1) is 13.2 Å². The molecule has 8 N–H and O–H groups in total. The third kappa shape index (κ3) is 17.2. The van der Waals surface area contributed by atoms with Crippen molar-refractivity contribution in [1.29, 1.82) is 0 Å². The monoisotopic (exact) mass is 476 g/mol. The Bertz CT molecular complexity index is 513. The lowest BCUT2D eigenvalue weighted by Crippen LogP contribution is -2.50. The molecule has 0 rings (SSSR count). The van der Waals surface area contributed by atoms with Crippen LogP contribution in [0.4, 0.5) is 0 Å². The number of ether oxygens (including phenoxy) is 1. The zero-order chi connectivity index (χ0) is 24.0. The van der Waals surface area contributed by atoms with Gasteiger partial charge in [-0.2, -0.15) is 11.8 Å².